The van der Waals surface area contributed by atoms with Crippen molar-refractivity contribution in [2.75, 3.05) is 6.54 Å². The summed E-state index contributed by atoms with van der Waals surface area (Å²) in [6.45, 7) is 7.62. The summed E-state index contributed by atoms with van der Waals surface area (Å²) in [7, 11) is 0. The molecule has 0 saturated carbocycles. The average Bonchev–Trinajstić information content (AvgIpc) is 2.43. The molecular formula is C16H26FNS. The minimum atomic E-state index is -0.100. The van der Waals surface area contributed by atoms with Crippen LogP contribution in [0.4, 0.5) is 4.39 Å². The van der Waals surface area contributed by atoms with Gasteiger partial charge in [0.05, 0.1) is 0 Å². The lowest BCUT2D eigenvalue weighted by Gasteiger charge is -2.27. The first-order valence-corrected chi connectivity index (χ1v) is 8.25. The molecule has 108 valence electrons. The maximum atomic E-state index is 13.7. The van der Waals surface area contributed by atoms with Gasteiger partial charge in [-0.3, -0.25) is 0 Å². The zero-order valence-corrected chi connectivity index (χ0v) is 13.1. The maximum absolute atomic E-state index is 13.7. The van der Waals surface area contributed by atoms with Gasteiger partial charge in [0.25, 0.3) is 0 Å². The van der Waals surface area contributed by atoms with E-state index in [0.717, 1.165) is 37.1 Å². The molecule has 0 radical (unpaired) electrons. The Balaban J connectivity index is 2.70. The van der Waals surface area contributed by atoms with E-state index in [1.807, 2.05) is 12.1 Å². The largest absolute Gasteiger partial charge is 0.313 e. The van der Waals surface area contributed by atoms with Crippen molar-refractivity contribution in [3.63, 3.8) is 0 Å². The first-order chi connectivity index (χ1) is 9.22. The van der Waals surface area contributed by atoms with E-state index in [9.17, 15) is 4.39 Å². The molecule has 0 aromatic heterocycles. The highest BCUT2D eigenvalue weighted by atomic mass is 32.2. The third-order valence-corrected chi connectivity index (χ3v) is 4.77. The first kappa shape index (κ1) is 16.5. The van der Waals surface area contributed by atoms with Crippen LogP contribution in [0.5, 0.6) is 0 Å². The molecular weight excluding hydrogens is 257 g/mol. The predicted molar refractivity (Wildman–Crippen MR) is 83.3 cm³/mol. The fourth-order valence-corrected chi connectivity index (χ4v) is 3.44. The summed E-state index contributed by atoms with van der Waals surface area (Å²) in [6, 6.07) is 7.56. The van der Waals surface area contributed by atoms with E-state index in [-0.39, 0.29) is 5.82 Å². The van der Waals surface area contributed by atoms with Crippen LogP contribution >= 0.6 is 11.8 Å². The minimum Gasteiger partial charge on any atom is -0.313 e. The Bertz CT molecular complexity index is 356. The molecule has 0 bridgehead atoms. The topological polar surface area (TPSA) is 12.0 Å². The molecule has 2 unspecified atom stereocenters. The summed E-state index contributed by atoms with van der Waals surface area (Å²) in [5.41, 5.74) is 0. The van der Waals surface area contributed by atoms with Crippen molar-refractivity contribution >= 4 is 11.8 Å². The zero-order chi connectivity index (χ0) is 14.1. The van der Waals surface area contributed by atoms with Crippen LogP contribution in [0.3, 0.4) is 0 Å². The fraction of sp³-hybridized carbons (Fsp3) is 0.625. The number of rotatable bonds is 9. The lowest BCUT2D eigenvalue weighted by Crippen LogP contribution is -2.38. The van der Waals surface area contributed by atoms with Crippen LogP contribution in [0.25, 0.3) is 0 Å². The van der Waals surface area contributed by atoms with Gasteiger partial charge in [-0.25, -0.2) is 4.39 Å². The first-order valence-electron chi connectivity index (χ1n) is 7.37. The highest BCUT2D eigenvalue weighted by Crippen LogP contribution is 2.30. The highest BCUT2D eigenvalue weighted by molar-refractivity contribution is 8.00. The van der Waals surface area contributed by atoms with Gasteiger partial charge in [-0.05, 0) is 37.9 Å². The van der Waals surface area contributed by atoms with Gasteiger partial charge in [-0.1, -0.05) is 39.3 Å². The normalized spacial score (nSPS) is 14.3. The Morgan fingerprint density at radius 1 is 1.16 bits per heavy atom. The van der Waals surface area contributed by atoms with Gasteiger partial charge in [-0.2, -0.15) is 0 Å². The van der Waals surface area contributed by atoms with E-state index >= 15 is 0 Å². The van der Waals surface area contributed by atoms with Gasteiger partial charge in [0.1, 0.15) is 5.82 Å². The Morgan fingerprint density at radius 2 is 1.89 bits per heavy atom. The molecule has 0 amide bonds. The molecule has 0 saturated heterocycles. The van der Waals surface area contributed by atoms with Crippen molar-refractivity contribution in [2.24, 2.45) is 0 Å². The lowest BCUT2D eigenvalue weighted by molar-refractivity contribution is 0.454. The molecule has 0 aliphatic carbocycles. The number of nitrogens with one attached hydrogen (secondary N) is 1. The monoisotopic (exact) mass is 283 g/mol. The molecule has 1 rings (SSSR count). The number of benzene rings is 1. The van der Waals surface area contributed by atoms with Crippen molar-refractivity contribution in [3.05, 3.63) is 30.1 Å². The molecule has 1 aromatic carbocycles. The number of hydrogen-bond acceptors (Lipinski definition) is 2. The van der Waals surface area contributed by atoms with E-state index < -0.39 is 0 Å². The van der Waals surface area contributed by atoms with Gasteiger partial charge in [0.15, 0.2) is 0 Å². The Morgan fingerprint density at radius 3 is 2.47 bits per heavy atom. The van der Waals surface area contributed by atoms with E-state index in [1.165, 1.54) is 0 Å². The maximum Gasteiger partial charge on any atom is 0.136 e. The zero-order valence-electron chi connectivity index (χ0n) is 12.3. The number of halogens is 1. The van der Waals surface area contributed by atoms with E-state index in [2.05, 4.69) is 26.1 Å². The van der Waals surface area contributed by atoms with Crippen molar-refractivity contribution in [2.45, 2.75) is 62.6 Å². The third-order valence-electron chi connectivity index (χ3n) is 3.22. The molecule has 1 aromatic rings. The van der Waals surface area contributed by atoms with Gasteiger partial charge in [0, 0.05) is 16.2 Å². The Kier molecular flexibility index (Phi) is 8.15. The predicted octanol–water partition coefficient (Wildman–Crippen LogP) is 4.86. The summed E-state index contributed by atoms with van der Waals surface area (Å²) < 4.78 is 13.7. The quantitative estimate of drug-likeness (QED) is 0.649. The van der Waals surface area contributed by atoms with E-state index in [1.54, 1.807) is 23.9 Å². The second kappa shape index (κ2) is 9.38. The summed E-state index contributed by atoms with van der Waals surface area (Å²) >= 11 is 1.68. The molecule has 1 N–H and O–H groups in total. The molecule has 2 atom stereocenters. The standard InChI is InChI=1S/C16H26FNS/c1-4-9-14(18-12-5-2)15(6-3)19-16-11-8-7-10-13(16)17/h7-8,10-11,14-15,18H,4-6,9,12H2,1-3H3. The van der Waals surface area contributed by atoms with Gasteiger partial charge in [0.2, 0.25) is 0 Å². The lowest BCUT2D eigenvalue weighted by atomic mass is 10.1. The molecule has 3 heteroatoms. The van der Waals surface area contributed by atoms with Gasteiger partial charge in [-0.15, -0.1) is 11.8 Å². The van der Waals surface area contributed by atoms with Crippen LogP contribution in [0.15, 0.2) is 29.2 Å². The Hall–Kier alpha value is -0.540. The molecule has 19 heavy (non-hydrogen) atoms. The third kappa shape index (κ3) is 5.53. The van der Waals surface area contributed by atoms with Crippen molar-refractivity contribution in [1.29, 1.82) is 0 Å². The SMILES string of the molecule is CCCNC(CCC)C(CC)Sc1ccccc1F. The Labute approximate surface area is 121 Å². The molecule has 0 aliphatic rings. The van der Waals surface area contributed by atoms with Gasteiger partial charge >= 0.3 is 0 Å². The second-order valence-corrected chi connectivity index (χ2v) is 6.13. The summed E-state index contributed by atoms with van der Waals surface area (Å²) in [4.78, 5) is 0.772. The molecule has 0 heterocycles. The van der Waals surface area contributed by atoms with E-state index in [0.29, 0.717) is 11.3 Å². The van der Waals surface area contributed by atoms with Crippen LogP contribution in [0.2, 0.25) is 0 Å². The minimum absolute atomic E-state index is 0.100. The number of hydrogen-bond donors (Lipinski definition) is 1. The summed E-state index contributed by atoms with van der Waals surface area (Å²) in [6.07, 6.45) is 4.51. The average molecular weight is 283 g/mol. The van der Waals surface area contributed by atoms with Crippen LogP contribution in [0, 0.1) is 5.82 Å². The van der Waals surface area contributed by atoms with Crippen LogP contribution in [0.1, 0.15) is 46.5 Å². The van der Waals surface area contributed by atoms with Crippen molar-refractivity contribution < 1.29 is 4.39 Å². The smallest absolute Gasteiger partial charge is 0.136 e. The van der Waals surface area contributed by atoms with Crippen LogP contribution in [-0.2, 0) is 0 Å². The van der Waals surface area contributed by atoms with Crippen LogP contribution in [-0.4, -0.2) is 17.8 Å². The molecule has 0 fully saturated rings. The summed E-state index contributed by atoms with van der Waals surface area (Å²) in [5.74, 6) is -0.100. The molecule has 1 nitrogen and oxygen atoms in total. The fourth-order valence-electron chi connectivity index (χ4n) is 2.21. The highest BCUT2D eigenvalue weighted by Gasteiger charge is 2.20. The molecule has 0 aliphatic heterocycles. The number of thioether (sulfide) groups is 1. The van der Waals surface area contributed by atoms with Crippen molar-refractivity contribution in [1.82, 2.24) is 5.32 Å². The van der Waals surface area contributed by atoms with E-state index in [4.69, 9.17) is 0 Å². The second-order valence-electron chi connectivity index (χ2n) is 4.84. The van der Waals surface area contributed by atoms with Gasteiger partial charge < -0.3 is 5.32 Å². The van der Waals surface area contributed by atoms with Crippen LogP contribution < -0.4 is 5.32 Å². The molecule has 0 spiro atoms. The summed E-state index contributed by atoms with van der Waals surface area (Å²) in [5, 5.41) is 4.05. The van der Waals surface area contributed by atoms with Crippen molar-refractivity contribution in [3.8, 4) is 0 Å².